The van der Waals surface area contributed by atoms with E-state index in [0.29, 0.717) is 37.4 Å². The van der Waals surface area contributed by atoms with Gasteiger partial charge in [0.1, 0.15) is 0 Å². The second-order valence-electron chi connectivity index (χ2n) is 7.64. The molecule has 0 atom stereocenters. The second kappa shape index (κ2) is 9.29. The van der Waals surface area contributed by atoms with Crippen LogP contribution in [0.4, 0.5) is 10.5 Å². The van der Waals surface area contributed by atoms with Crippen LogP contribution in [-0.2, 0) is 10.2 Å². The van der Waals surface area contributed by atoms with Gasteiger partial charge in [0.2, 0.25) is 0 Å². The maximum absolute atomic E-state index is 12.9. The summed E-state index contributed by atoms with van der Waals surface area (Å²) in [6.45, 7) is 5.45. The SMILES string of the molecule is CNC(=O)c1ccc(NC(=O)N2CCN(S(=O)(=O)N3CCN(C)CC3)CC2)c(C)c1. The zero-order chi connectivity index (χ0) is 21.9. The summed E-state index contributed by atoms with van der Waals surface area (Å²) in [5.41, 5.74) is 1.93. The van der Waals surface area contributed by atoms with Gasteiger partial charge in [-0.1, -0.05) is 0 Å². The number of carbonyl (C=O) groups is 2. The first-order valence-electron chi connectivity index (χ1n) is 10.0. The highest BCUT2D eigenvalue weighted by molar-refractivity contribution is 7.86. The van der Waals surface area contributed by atoms with Crippen LogP contribution in [0.3, 0.4) is 0 Å². The summed E-state index contributed by atoms with van der Waals surface area (Å²) in [5, 5.41) is 5.43. The van der Waals surface area contributed by atoms with Crippen LogP contribution in [0.5, 0.6) is 0 Å². The van der Waals surface area contributed by atoms with Crippen molar-refractivity contribution in [1.82, 2.24) is 23.7 Å². The molecule has 2 N–H and O–H groups in total. The normalized spacial score (nSPS) is 19.5. The summed E-state index contributed by atoms with van der Waals surface area (Å²) in [6, 6.07) is 4.80. The van der Waals surface area contributed by atoms with Crippen molar-refractivity contribution in [1.29, 1.82) is 0 Å². The summed E-state index contributed by atoms with van der Waals surface area (Å²) in [7, 11) is 0.0527. The van der Waals surface area contributed by atoms with Gasteiger partial charge < -0.3 is 20.4 Å². The van der Waals surface area contributed by atoms with E-state index in [0.717, 1.165) is 18.7 Å². The summed E-state index contributed by atoms with van der Waals surface area (Å²) >= 11 is 0. The lowest BCUT2D eigenvalue weighted by atomic mass is 10.1. The average Bonchev–Trinajstić information content (AvgIpc) is 2.75. The van der Waals surface area contributed by atoms with Gasteiger partial charge >= 0.3 is 6.03 Å². The molecular weight excluding hydrogens is 408 g/mol. The number of piperazine rings is 2. The van der Waals surface area contributed by atoms with Crippen molar-refractivity contribution in [3.8, 4) is 0 Å². The molecule has 2 saturated heterocycles. The molecule has 166 valence electrons. The Morgan fingerprint density at radius 3 is 2.03 bits per heavy atom. The van der Waals surface area contributed by atoms with E-state index in [9.17, 15) is 18.0 Å². The van der Waals surface area contributed by atoms with Crippen LogP contribution in [0.25, 0.3) is 0 Å². The van der Waals surface area contributed by atoms with Gasteiger partial charge in [0.25, 0.3) is 16.1 Å². The van der Waals surface area contributed by atoms with E-state index < -0.39 is 10.2 Å². The average molecular weight is 439 g/mol. The van der Waals surface area contributed by atoms with Gasteiger partial charge in [0, 0.05) is 70.7 Å². The Kier molecular flexibility index (Phi) is 6.96. The minimum Gasteiger partial charge on any atom is -0.355 e. The lowest BCUT2D eigenvalue weighted by molar-refractivity contribution is 0.0963. The molecule has 1 aromatic carbocycles. The van der Waals surface area contributed by atoms with E-state index in [-0.39, 0.29) is 25.0 Å². The number of anilines is 1. The molecule has 2 aliphatic heterocycles. The summed E-state index contributed by atoms with van der Waals surface area (Å²) < 4.78 is 28.7. The standard InChI is InChI=1S/C19H30N6O4S/c1-15-14-16(18(26)20-2)4-5-17(15)21-19(27)23-8-12-25(13-9-23)30(28,29)24-10-6-22(3)7-11-24/h4-5,14H,6-13H2,1-3H3,(H,20,26)(H,21,27). The first-order chi connectivity index (χ1) is 14.2. The molecule has 30 heavy (non-hydrogen) atoms. The van der Waals surface area contributed by atoms with Gasteiger partial charge in [-0.25, -0.2) is 4.79 Å². The molecule has 0 spiro atoms. The number of urea groups is 1. The first kappa shape index (κ1) is 22.5. The second-order valence-corrected chi connectivity index (χ2v) is 9.56. The smallest absolute Gasteiger partial charge is 0.321 e. The van der Waals surface area contributed by atoms with Gasteiger partial charge in [-0.2, -0.15) is 17.0 Å². The van der Waals surface area contributed by atoms with Crippen molar-refractivity contribution in [2.75, 3.05) is 71.8 Å². The number of hydrogen-bond acceptors (Lipinski definition) is 5. The van der Waals surface area contributed by atoms with Gasteiger partial charge in [0.15, 0.2) is 0 Å². The van der Waals surface area contributed by atoms with Gasteiger partial charge in [0.05, 0.1) is 0 Å². The largest absolute Gasteiger partial charge is 0.355 e. The summed E-state index contributed by atoms with van der Waals surface area (Å²) in [4.78, 5) is 28.1. The van der Waals surface area contributed by atoms with Crippen molar-refractivity contribution in [3.63, 3.8) is 0 Å². The van der Waals surface area contributed by atoms with E-state index in [2.05, 4.69) is 15.5 Å². The molecule has 3 rings (SSSR count). The van der Waals surface area contributed by atoms with Crippen LogP contribution in [0.1, 0.15) is 15.9 Å². The Morgan fingerprint density at radius 2 is 1.50 bits per heavy atom. The third-order valence-corrected chi connectivity index (χ3v) is 7.63. The zero-order valence-corrected chi connectivity index (χ0v) is 18.5. The minimum atomic E-state index is -3.49. The van der Waals surface area contributed by atoms with Crippen LogP contribution in [-0.4, -0.2) is 105 Å². The van der Waals surface area contributed by atoms with Gasteiger partial charge in [-0.15, -0.1) is 0 Å². The summed E-state index contributed by atoms with van der Waals surface area (Å²) in [6.07, 6.45) is 0. The fraction of sp³-hybridized carbons (Fsp3) is 0.579. The van der Waals surface area contributed by atoms with Crippen molar-refractivity contribution >= 4 is 27.8 Å². The number of likely N-dealkylation sites (N-methyl/N-ethyl adjacent to an activating group) is 1. The quantitative estimate of drug-likeness (QED) is 0.688. The molecular formula is C19H30N6O4S. The van der Waals surface area contributed by atoms with Crippen molar-refractivity contribution < 1.29 is 18.0 Å². The lowest BCUT2D eigenvalue weighted by Crippen LogP contribution is -2.57. The molecule has 0 radical (unpaired) electrons. The molecule has 2 fully saturated rings. The molecule has 2 aliphatic rings. The van der Waals surface area contributed by atoms with Crippen molar-refractivity contribution in [3.05, 3.63) is 29.3 Å². The van der Waals surface area contributed by atoms with Gasteiger partial charge in [-0.05, 0) is 37.7 Å². The fourth-order valence-corrected chi connectivity index (χ4v) is 5.16. The Hall–Kier alpha value is -2.21. The predicted octanol–water partition coefficient (Wildman–Crippen LogP) is -0.00368. The topological polar surface area (TPSA) is 105 Å². The molecule has 0 unspecified atom stereocenters. The third-order valence-electron chi connectivity index (χ3n) is 5.60. The van der Waals surface area contributed by atoms with E-state index in [1.54, 1.807) is 30.1 Å². The molecule has 11 heteroatoms. The molecule has 1 aromatic rings. The fourth-order valence-electron chi connectivity index (χ4n) is 3.59. The number of amides is 3. The number of benzene rings is 1. The number of aryl methyl sites for hydroxylation is 1. The number of carbonyl (C=O) groups excluding carboxylic acids is 2. The van der Waals surface area contributed by atoms with E-state index >= 15 is 0 Å². The molecule has 0 aliphatic carbocycles. The monoisotopic (exact) mass is 438 g/mol. The number of nitrogens with zero attached hydrogens (tertiary/aromatic N) is 4. The highest BCUT2D eigenvalue weighted by Gasteiger charge is 2.34. The number of hydrogen-bond donors (Lipinski definition) is 2. The van der Waals surface area contributed by atoms with Crippen LogP contribution in [0, 0.1) is 6.92 Å². The van der Waals surface area contributed by atoms with Gasteiger partial charge in [-0.3, -0.25) is 4.79 Å². The minimum absolute atomic E-state index is 0.186. The first-order valence-corrected chi connectivity index (χ1v) is 11.4. The zero-order valence-electron chi connectivity index (χ0n) is 17.7. The molecule has 3 amide bonds. The summed E-state index contributed by atoms with van der Waals surface area (Å²) in [5.74, 6) is -0.186. The van der Waals surface area contributed by atoms with Crippen LogP contribution >= 0.6 is 0 Å². The predicted molar refractivity (Wildman–Crippen MR) is 115 cm³/mol. The molecule has 0 bridgehead atoms. The number of rotatable bonds is 4. The van der Waals surface area contributed by atoms with E-state index in [4.69, 9.17) is 0 Å². The van der Waals surface area contributed by atoms with Crippen molar-refractivity contribution in [2.45, 2.75) is 6.92 Å². The Bertz CT molecular complexity index is 890. The van der Waals surface area contributed by atoms with E-state index in [1.807, 2.05) is 14.0 Å². The highest BCUT2D eigenvalue weighted by atomic mass is 32.2. The van der Waals surface area contributed by atoms with Crippen LogP contribution < -0.4 is 10.6 Å². The maximum atomic E-state index is 12.9. The van der Waals surface area contributed by atoms with E-state index in [1.165, 1.54) is 8.61 Å². The lowest BCUT2D eigenvalue weighted by Gasteiger charge is -2.39. The Morgan fingerprint density at radius 1 is 0.933 bits per heavy atom. The Labute approximate surface area is 178 Å². The maximum Gasteiger partial charge on any atom is 0.321 e. The Balaban J connectivity index is 1.56. The highest BCUT2D eigenvalue weighted by Crippen LogP contribution is 2.19. The molecule has 2 heterocycles. The van der Waals surface area contributed by atoms with Crippen LogP contribution in [0.2, 0.25) is 0 Å². The van der Waals surface area contributed by atoms with Crippen molar-refractivity contribution in [2.24, 2.45) is 0 Å². The molecule has 0 saturated carbocycles. The molecule has 10 nitrogen and oxygen atoms in total. The van der Waals surface area contributed by atoms with Crippen LogP contribution in [0.15, 0.2) is 18.2 Å². The third kappa shape index (κ3) is 4.91. The number of nitrogens with one attached hydrogen (secondary N) is 2. The molecule has 0 aromatic heterocycles.